The molecule has 0 fully saturated rings. The number of rotatable bonds is 13. The zero-order chi connectivity index (χ0) is 72.2. The van der Waals surface area contributed by atoms with E-state index >= 15 is 24.0 Å². The molecule has 8 aromatic rings. The zero-order valence-corrected chi connectivity index (χ0v) is 55.2. The number of aliphatic hydroxyl groups is 2. The van der Waals surface area contributed by atoms with Gasteiger partial charge in [0.2, 0.25) is 41.2 Å². The summed E-state index contributed by atoms with van der Waals surface area (Å²) >= 11 is 0. The third-order valence-corrected chi connectivity index (χ3v) is 18.2. The quantitative estimate of drug-likeness (QED) is 0.0394. The molecule has 102 heavy (non-hydrogen) atoms. The molecule has 0 aliphatic carbocycles. The van der Waals surface area contributed by atoms with Crippen LogP contribution in [0.4, 0.5) is 0 Å². The van der Waals surface area contributed by atoms with Crippen LogP contribution in [0, 0.1) is 6.92 Å². The maximum atomic E-state index is 16.0. The highest BCUT2D eigenvalue weighted by molar-refractivity contribution is 6.00. The number of aromatic nitrogens is 3. The minimum atomic E-state index is -2.17. The first-order valence-electron chi connectivity index (χ1n) is 33.0. The number of nitrogens with one attached hydrogen (secondary N) is 6. The van der Waals surface area contributed by atoms with Crippen molar-refractivity contribution in [3.05, 3.63) is 178 Å². The number of esters is 1. The summed E-state index contributed by atoms with van der Waals surface area (Å²) in [5.74, 6) is -13.7. The number of amides is 6. The highest BCUT2D eigenvalue weighted by atomic mass is 16.5. The van der Waals surface area contributed by atoms with E-state index in [0.717, 1.165) is 81.7 Å². The molecule has 0 radical (unpaired) electrons. The first-order valence-corrected chi connectivity index (χ1v) is 33.0. The smallest absolute Gasteiger partial charge is 0.333 e. The summed E-state index contributed by atoms with van der Waals surface area (Å²) in [5.41, 5.74) is -1.48. The Bertz CT molecular complexity index is 4570. The first kappa shape index (κ1) is 69.9. The van der Waals surface area contributed by atoms with E-state index in [2.05, 4.69) is 49.1 Å². The molecule has 530 valence electrons. The Balaban J connectivity index is 0.992. The number of fused-ring (bicyclic) bond motifs is 14. The lowest BCUT2D eigenvalue weighted by Gasteiger charge is -2.31. The molecule has 0 saturated heterocycles. The Hall–Kier alpha value is -12.0. The van der Waals surface area contributed by atoms with Gasteiger partial charge < -0.3 is 96.4 Å². The van der Waals surface area contributed by atoms with Gasteiger partial charge in [0.15, 0.2) is 35.1 Å². The minimum absolute atomic E-state index is 0.00422. The van der Waals surface area contributed by atoms with Crippen molar-refractivity contribution >= 4 is 41.4 Å². The summed E-state index contributed by atoms with van der Waals surface area (Å²) in [7, 11) is 0.979. The highest BCUT2D eigenvalue weighted by Crippen LogP contribution is 2.47. The number of aromatic hydroxyl groups is 6. The van der Waals surface area contributed by atoms with Crippen LogP contribution >= 0.6 is 0 Å². The van der Waals surface area contributed by atoms with Crippen LogP contribution in [0.2, 0.25) is 0 Å². The summed E-state index contributed by atoms with van der Waals surface area (Å²) in [6.45, 7) is 4.04. The summed E-state index contributed by atoms with van der Waals surface area (Å²) in [5, 5.41) is 118. The Labute approximate surface area is 582 Å². The molecular weight excluding hydrogens is 1320 g/mol. The maximum absolute atomic E-state index is 16.0. The van der Waals surface area contributed by atoms with Crippen LogP contribution in [0.15, 0.2) is 128 Å². The van der Waals surface area contributed by atoms with Crippen molar-refractivity contribution in [2.75, 3.05) is 13.7 Å². The van der Waals surface area contributed by atoms with E-state index in [1.807, 2.05) is 0 Å². The summed E-state index contributed by atoms with van der Waals surface area (Å²) in [4.78, 5) is 107. The van der Waals surface area contributed by atoms with E-state index in [4.69, 9.17) is 23.7 Å². The van der Waals surface area contributed by atoms with Crippen molar-refractivity contribution in [1.82, 2.24) is 46.9 Å². The molecule has 6 aliphatic rings. The maximum Gasteiger partial charge on any atom is 0.333 e. The number of benzene rings is 7. The zero-order valence-electron chi connectivity index (χ0n) is 55.2. The second-order valence-electron chi connectivity index (χ2n) is 25.2. The predicted molar refractivity (Wildman–Crippen MR) is 359 cm³/mol. The van der Waals surface area contributed by atoms with E-state index in [1.165, 1.54) is 116 Å². The van der Waals surface area contributed by atoms with Crippen molar-refractivity contribution in [3.8, 4) is 80.1 Å². The molecule has 29 heteroatoms. The van der Waals surface area contributed by atoms with Crippen LogP contribution < -0.4 is 46.1 Å². The number of hydrogen-bond acceptors (Lipinski definition) is 22. The fourth-order valence-corrected chi connectivity index (χ4v) is 12.7. The van der Waals surface area contributed by atoms with Gasteiger partial charge in [0.05, 0.1) is 19.9 Å². The molecule has 0 unspecified atom stereocenters. The number of phenols is 6. The van der Waals surface area contributed by atoms with Gasteiger partial charge in [-0.2, -0.15) is 0 Å². The third kappa shape index (κ3) is 14.7. The molecule has 6 aliphatic heterocycles. The number of ether oxygens (including phenoxy) is 5. The summed E-state index contributed by atoms with van der Waals surface area (Å²) in [6, 6.07) is 10.4. The molecule has 1 aromatic heterocycles. The monoisotopic (exact) mass is 1400 g/mol. The highest BCUT2D eigenvalue weighted by Gasteiger charge is 2.43. The Kier molecular flexibility index (Phi) is 20.5. The van der Waals surface area contributed by atoms with Crippen LogP contribution in [-0.2, 0) is 49.6 Å². The van der Waals surface area contributed by atoms with Crippen LogP contribution in [0.3, 0.4) is 0 Å². The molecule has 29 nitrogen and oxygen atoms in total. The molecule has 0 spiro atoms. The number of hydrogen-bond donors (Lipinski definition) is 14. The topological polar surface area (TPSA) is 430 Å². The lowest BCUT2D eigenvalue weighted by Crippen LogP contribution is -2.55. The van der Waals surface area contributed by atoms with Crippen LogP contribution in [0.25, 0.3) is 11.1 Å². The molecule has 9 atom stereocenters. The van der Waals surface area contributed by atoms with Gasteiger partial charge in [-0.25, -0.2) is 9.48 Å². The van der Waals surface area contributed by atoms with Crippen molar-refractivity contribution in [2.24, 2.45) is 0 Å². The average molecular weight is 1400 g/mol. The molecule has 14 N–H and O–H groups in total. The third-order valence-electron chi connectivity index (χ3n) is 18.2. The SMILES string of the molecule is CCCCCCCCCCOCc1cn([C@H]2C(=O)N[C@H]3C(=O)N[C@H](C(=O)N[C@H]4C(=O)N[C@H]5C(=O)N[C@H](C(=O)N[C@@H](C(=O)OC)c6cc(O)cc(O)c6-c6cc5ccc6O)[C@H](O)c5ccc(cc5)Oc5cc4cc(c5O)Oc4ccc(cc4)[C@H]3O)c3cc(O)c(C)c(c3)Oc3cc2ccc3O)nn1. The standard InChI is InChI=1S/C73H73N9O20/c1-4-5-6-7-8-9-10-11-24-99-34-42-33-82(81-80-42)63-39-17-23-49(85)53(27-39)102-52-28-40(26-50(86)35(52)2)58-68(92)75-59-41-29-54(66(90)55(30-41)101-45-20-14-37(15-21-45)65(89)62(70(94)76-58)79-72(63)96)100-44-18-12-36(13-19-44)64(88)61-71(95)77-60(73(97)98-3)47-31-43(83)32-51(87)56(47)46-25-38(16-22-48(46)84)57(67(91)78-61)74-69(59)93/h12-23,25-33,57-65,83-90H,4-11,24,34H2,1-3H3,(H,74,93)(H,75,92)(H,76,94)(H,77,95)(H,78,91)(H,79,96)/t57-,58+,59-,60-,61+,62-,63-,64-,65-/m1/s1. The molecule has 17 bridgehead atoms. The number of carbonyl (C=O) groups excluding carboxylic acids is 7. The summed E-state index contributed by atoms with van der Waals surface area (Å²) < 4.78 is 31.1. The number of aliphatic hydroxyl groups excluding tert-OH is 2. The van der Waals surface area contributed by atoms with Gasteiger partial charge in [0.1, 0.15) is 88.4 Å². The van der Waals surface area contributed by atoms with Gasteiger partial charge in [-0.15, -0.1) is 5.10 Å². The average Bonchev–Trinajstić information content (AvgIpc) is 0.828. The number of carbonyl (C=O) groups is 7. The van der Waals surface area contributed by atoms with Crippen molar-refractivity contribution in [1.29, 1.82) is 0 Å². The Morgan fingerprint density at radius 3 is 1.66 bits per heavy atom. The van der Waals surface area contributed by atoms with Gasteiger partial charge in [0.25, 0.3) is 0 Å². The lowest BCUT2D eigenvalue weighted by atomic mass is 9.89. The Morgan fingerprint density at radius 1 is 0.510 bits per heavy atom. The molecular formula is C73H73N9O20. The van der Waals surface area contributed by atoms with Crippen molar-refractivity contribution < 1.29 is 98.1 Å². The van der Waals surface area contributed by atoms with Gasteiger partial charge >= 0.3 is 5.97 Å². The van der Waals surface area contributed by atoms with E-state index in [0.29, 0.717) is 12.3 Å². The summed E-state index contributed by atoms with van der Waals surface area (Å²) in [6.07, 6.45) is 6.16. The van der Waals surface area contributed by atoms with Crippen molar-refractivity contribution in [3.63, 3.8) is 0 Å². The van der Waals surface area contributed by atoms with E-state index in [-0.39, 0.29) is 85.2 Å². The fraction of sp³-hybridized carbons (Fsp3) is 0.301. The molecule has 6 amide bonds. The minimum Gasteiger partial charge on any atom is -0.508 e. The largest absolute Gasteiger partial charge is 0.508 e. The van der Waals surface area contributed by atoms with Gasteiger partial charge in [-0.3, -0.25) is 28.8 Å². The van der Waals surface area contributed by atoms with Gasteiger partial charge in [0, 0.05) is 34.9 Å². The second-order valence-corrected chi connectivity index (χ2v) is 25.2. The number of nitrogens with zero attached hydrogens (tertiary/aromatic N) is 3. The Morgan fingerprint density at radius 2 is 1.03 bits per heavy atom. The van der Waals surface area contributed by atoms with E-state index in [1.54, 1.807) is 0 Å². The second kappa shape index (κ2) is 29.9. The van der Waals surface area contributed by atoms with Gasteiger partial charge in [-0.05, 0) is 126 Å². The number of phenolic OH excluding ortho intramolecular Hbond substituents is 6. The van der Waals surface area contributed by atoms with Crippen molar-refractivity contribution in [2.45, 2.75) is 126 Å². The van der Waals surface area contributed by atoms with Crippen LogP contribution in [0.1, 0.15) is 151 Å². The molecule has 0 saturated carbocycles. The van der Waals surface area contributed by atoms with E-state index in [9.17, 15) is 50.4 Å². The first-order chi connectivity index (χ1) is 49.0. The number of methoxy groups -OCH3 is 1. The molecule has 14 rings (SSSR count). The van der Waals surface area contributed by atoms with Gasteiger partial charge in [-0.1, -0.05) is 93.5 Å². The normalized spacial score (nSPS) is 21.0. The van der Waals surface area contributed by atoms with Crippen LogP contribution in [0.5, 0.6) is 69.0 Å². The predicted octanol–water partition coefficient (Wildman–Crippen LogP) is 7.40. The molecule has 7 aromatic carbocycles. The lowest BCUT2D eigenvalue weighted by molar-refractivity contribution is -0.146. The molecule has 7 heterocycles. The number of unbranched alkanes of at least 4 members (excludes halogenated alkanes) is 7. The van der Waals surface area contributed by atoms with Crippen LogP contribution in [-0.4, -0.2) is 123 Å². The fourth-order valence-electron chi connectivity index (χ4n) is 12.7. The van der Waals surface area contributed by atoms with E-state index < -0.39 is 142 Å².